The molecule has 1 aliphatic rings. The van der Waals surface area contributed by atoms with Crippen molar-refractivity contribution < 1.29 is 8.78 Å². The molecule has 2 N–H and O–H groups in total. The highest BCUT2D eigenvalue weighted by Crippen LogP contribution is 2.22. The van der Waals surface area contributed by atoms with Crippen molar-refractivity contribution in [3.05, 3.63) is 35.4 Å². The lowest BCUT2D eigenvalue weighted by atomic mass is 9.87. The van der Waals surface area contributed by atoms with Crippen LogP contribution in [-0.4, -0.2) is 49.5 Å². The zero-order valence-corrected chi connectivity index (χ0v) is 19.8. The lowest BCUT2D eigenvalue weighted by Crippen LogP contribution is -2.49. The molecule has 0 unspecified atom stereocenters. The number of nitrogens with zero attached hydrogens (tertiary/aromatic N) is 2. The normalized spacial score (nSPS) is 16.8. The topological polar surface area (TPSA) is 39.7 Å². The van der Waals surface area contributed by atoms with Crippen LogP contribution in [-0.2, 0) is 12.0 Å². The first-order valence-corrected chi connectivity index (χ1v) is 9.92. The van der Waals surface area contributed by atoms with Crippen molar-refractivity contribution in [1.82, 2.24) is 15.5 Å². The molecule has 0 aromatic heterocycles. The third-order valence-corrected chi connectivity index (χ3v) is 4.91. The highest BCUT2D eigenvalue weighted by atomic mass is 127. The summed E-state index contributed by atoms with van der Waals surface area (Å²) < 4.78 is 25.0. The van der Waals surface area contributed by atoms with Gasteiger partial charge < -0.3 is 10.6 Å². The smallest absolute Gasteiger partial charge is 0.251 e. The van der Waals surface area contributed by atoms with Crippen LogP contribution in [0.4, 0.5) is 8.78 Å². The molecule has 1 fully saturated rings. The van der Waals surface area contributed by atoms with Crippen molar-refractivity contribution in [3.63, 3.8) is 0 Å². The minimum atomic E-state index is -2.25. The number of guanidine groups is 1. The molecule has 2 rings (SSSR count). The predicted molar refractivity (Wildman–Crippen MR) is 124 cm³/mol. The Morgan fingerprint density at radius 2 is 1.79 bits per heavy atom. The van der Waals surface area contributed by atoms with Crippen molar-refractivity contribution in [3.8, 4) is 0 Å². The molecule has 0 atom stereocenters. The van der Waals surface area contributed by atoms with Gasteiger partial charge in [0.25, 0.3) is 6.43 Å². The minimum absolute atomic E-state index is 0. The predicted octanol–water partition coefficient (Wildman–Crippen LogP) is 4.39. The number of hydrogen-bond donors (Lipinski definition) is 2. The molecule has 0 aliphatic carbocycles. The number of rotatable bonds is 6. The zero-order chi connectivity index (χ0) is 19.9. The Labute approximate surface area is 185 Å². The average Bonchev–Trinajstić information content (AvgIpc) is 2.61. The molecule has 0 bridgehead atoms. The third-order valence-electron chi connectivity index (χ3n) is 4.91. The molecule has 28 heavy (non-hydrogen) atoms. The van der Waals surface area contributed by atoms with Gasteiger partial charge in [0.1, 0.15) is 0 Å². The Bertz CT molecular complexity index is 591. The molecule has 0 spiro atoms. The first-order chi connectivity index (χ1) is 12.8. The fraction of sp³-hybridized carbons (Fsp3) is 0.667. The van der Waals surface area contributed by atoms with E-state index in [4.69, 9.17) is 4.99 Å². The Balaban J connectivity index is 0.00000392. The summed E-state index contributed by atoms with van der Waals surface area (Å²) in [4.78, 5) is 6.53. The largest absolute Gasteiger partial charge is 0.357 e. The molecule has 1 aliphatic heterocycles. The molecular weight excluding hydrogens is 473 g/mol. The Morgan fingerprint density at radius 1 is 1.18 bits per heavy atom. The highest BCUT2D eigenvalue weighted by molar-refractivity contribution is 14.0. The van der Waals surface area contributed by atoms with E-state index in [1.54, 1.807) is 0 Å². The van der Waals surface area contributed by atoms with E-state index in [9.17, 15) is 8.78 Å². The van der Waals surface area contributed by atoms with E-state index in [0.29, 0.717) is 19.6 Å². The summed E-state index contributed by atoms with van der Waals surface area (Å²) in [5, 5.41) is 6.75. The van der Waals surface area contributed by atoms with Crippen molar-refractivity contribution in [1.29, 1.82) is 0 Å². The molecular formula is C21H35F2IN4. The van der Waals surface area contributed by atoms with Gasteiger partial charge in [0.2, 0.25) is 0 Å². The maximum atomic E-state index is 12.5. The Morgan fingerprint density at radius 3 is 2.29 bits per heavy atom. The number of piperidine rings is 1. The van der Waals surface area contributed by atoms with Crippen LogP contribution < -0.4 is 10.6 Å². The fourth-order valence-electron chi connectivity index (χ4n) is 3.25. The number of likely N-dealkylation sites (tertiary alicyclic amines) is 1. The number of nitrogens with one attached hydrogen (secondary N) is 2. The van der Waals surface area contributed by atoms with Crippen LogP contribution in [0.2, 0.25) is 0 Å². The lowest BCUT2D eigenvalue weighted by molar-refractivity contribution is 0.0744. The summed E-state index contributed by atoms with van der Waals surface area (Å²) in [5.74, 6) is 0.796. The van der Waals surface area contributed by atoms with E-state index in [1.807, 2.05) is 11.8 Å². The van der Waals surface area contributed by atoms with Crippen LogP contribution in [0.3, 0.4) is 0 Å². The standard InChI is InChI=1S/C21H34F2N4.HI/c1-5-24-20(26-18-10-12-27(13-11-18)15-19(22)23)25-14-16-6-8-17(9-7-16)21(2,3)4;/h6-9,18-19H,5,10-15H2,1-4H3,(H2,24,25,26);1H. The van der Waals surface area contributed by atoms with Crippen molar-refractivity contribution >= 4 is 29.9 Å². The van der Waals surface area contributed by atoms with Crippen LogP contribution in [0.25, 0.3) is 0 Å². The quantitative estimate of drug-likeness (QED) is 0.340. The first kappa shape index (κ1) is 25.1. The molecule has 0 radical (unpaired) electrons. The number of alkyl halides is 2. The van der Waals surface area contributed by atoms with Gasteiger partial charge in [0.05, 0.1) is 13.1 Å². The van der Waals surface area contributed by atoms with Gasteiger partial charge >= 0.3 is 0 Å². The van der Waals surface area contributed by atoms with Gasteiger partial charge in [-0.25, -0.2) is 13.8 Å². The van der Waals surface area contributed by atoms with Crippen LogP contribution >= 0.6 is 24.0 Å². The van der Waals surface area contributed by atoms with E-state index in [-0.39, 0.29) is 42.0 Å². The Hall–Kier alpha value is -0.960. The van der Waals surface area contributed by atoms with Gasteiger partial charge in [-0.1, -0.05) is 45.0 Å². The first-order valence-electron chi connectivity index (χ1n) is 9.92. The SMILES string of the molecule is CCNC(=NCc1ccc(C(C)(C)C)cc1)NC1CCN(CC(F)F)CC1.I. The molecule has 1 aromatic rings. The molecule has 1 aromatic carbocycles. The van der Waals surface area contributed by atoms with Crippen LogP contribution in [0.5, 0.6) is 0 Å². The van der Waals surface area contributed by atoms with E-state index in [2.05, 4.69) is 55.7 Å². The van der Waals surface area contributed by atoms with Gasteiger partial charge in [-0.05, 0) is 36.3 Å². The second-order valence-corrected chi connectivity index (χ2v) is 8.25. The molecule has 0 amide bonds. The van der Waals surface area contributed by atoms with Gasteiger partial charge in [-0.3, -0.25) is 4.90 Å². The van der Waals surface area contributed by atoms with E-state index in [0.717, 1.165) is 25.3 Å². The number of benzene rings is 1. The zero-order valence-electron chi connectivity index (χ0n) is 17.5. The molecule has 1 heterocycles. The van der Waals surface area contributed by atoms with Crippen LogP contribution in [0.1, 0.15) is 51.7 Å². The monoisotopic (exact) mass is 508 g/mol. The van der Waals surface area contributed by atoms with Gasteiger partial charge in [0, 0.05) is 25.7 Å². The van der Waals surface area contributed by atoms with Crippen molar-refractivity contribution in [2.45, 2.75) is 65.0 Å². The lowest BCUT2D eigenvalue weighted by Gasteiger charge is -2.32. The minimum Gasteiger partial charge on any atom is -0.357 e. The molecule has 4 nitrogen and oxygen atoms in total. The second-order valence-electron chi connectivity index (χ2n) is 8.25. The highest BCUT2D eigenvalue weighted by Gasteiger charge is 2.22. The average molecular weight is 508 g/mol. The maximum absolute atomic E-state index is 12.5. The third kappa shape index (κ3) is 8.59. The molecule has 1 saturated heterocycles. The van der Waals surface area contributed by atoms with Gasteiger partial charge in [0.15, 0.2) is 5.96 Å². The fourth-order valence-corrected chi connectivity index (χ4v) is 3.25. The van der Waals surface area contributed by atoms with Crippen LogP contribution in [0.15, 0.2) is 29.3 Å². The number of hydrogen-bond acceptors (Lipinski definition) is 2. The molecule has 7 heteroatoms. The summed E-state index contributed by atoms with van der Waals surface area (Å²) >= 11 is 0. The summed E-state index contributed by atoms with van der Waals surface area (Å²) in [6.45, 7) is 11.4. The van der Waals surface area contributed by atoms with Gasteiger partial charge in [-0.2, -0.15) is 0 Å². The van der Waals surface area contributed by atoms with E-state index >= 15 is 0 Å². The molecule has 0 saturated carbocycles. The summed E-state index contributed by atoms with van der Waals surface area (Å²) in [6.07, 6.45) is -0.535. The second kappa shape index (κ2) is 11.9. The van der Waals surface area contributed by atoms with E-state index in [1.165, 1.54) is 11.1 Å². The Kier molecular flexibility index (Phi) is 10.7. The summed E-state index contributed by atoms with van der Waals surface area (Å²) in [5.41, 5.74) is 2.64. The van der Waals surface area contributed by atoms with Crippen molar-refractivity contribution in [2.24, 2.45) is 4.99 Å². The van der Waals surface area contributed by atoms with Gasteiger partial charge in [-0.15, -0.1) is 24.0 Å². The summed E-state index contributed by atoms with van der Waals surface area (Å²) in [7, 11) is 0. The van der Waals surface area contributed by atoms with Crippen LogP contribution in [0, 0.1) is 0 Å². The number of aliphatic imine (C=N–C) groups is 1. The van der Waals surface area contributed by atoms with E-state index < -0.39 is 6.43 Å². The maximum Gasteiger partial charge on any atom is 0.251 e. The summed E-state index contributed by atoms with van der Waals surface area (Å²) in [6, 6.07) is 8.89. The molecule has 160 valence electrons. The number of halogens is 3. The van der Waals surface area contributed by atoms with Crippen molar-refractivity contribution in [2.75, 3.05) is 26.2 Å².